The molecule has 0 aliphatic rings. The lowest BCUT2D eigenvalue weighted by Crippen LogP contribution is -2.31. The minimum Gasteiger partial charge on any atom is -0.339 e. The predicted molar refractivity (Wildman–Crippen MR) is 52.0 cm³/mol. The van der Waals surface area contributed by atoms with Gasteiger partial charge < -0.3 is 4.90 Å². The maximum Gasteiger partial charge on any atom is 0.249 e. The van der Waals surface area contributed by atoms with Gasteiger partial charge in [0, 0.05) is 18.7 Å². The maximum atomic E-state index is 11.6. The van der Waals surface area contributed by atoms with Gasteiger partial charge in [-0.15, -0.1) is 0 Å². The number of hydrogen-bond acceptors (Lipinski definition) is 1. The highest BCUT2D eigenvalue weighted by atomic mass is 16.2. The number of allylic oxidation sites excluding steroid dienone is 1. The molecule has 0 aliphatic heterocycles. The first-order valence-electron chi connectivity index (χ1n) is 4.47. The van der Waals surface area contributed by atoms with E-state index in [2.05, 4.69) is 0 Å². The van der Waals surface area contributed by atoms with Crippen LogP contribution in [0.25, 0.3) is 0 Å². The molecule has 0 aromatic rings. The van der Waals surface area contributed by atoms with Crippen molar-refractivity contribution in [3.05, 3.63) is 11.1 Å². The van der Waals surface area contributed by atoms with Crippen LogP contribution in [0.15, 0.2) is 11.1 Å². The topological polar surface area (TPSA) is 20.3 Å². The molecule has 0 radical (unpaired) electrons. The predicted octanol–water partition coefficient (Wildman–Crippen LogP) is 2.21. The summed E-state index contributed by atoms with van der Waals surface area (Å²) in [7, 11) is 0. The van der Waals surface area contributed by atoms with E-state index in [1.54, 1.807) is 0 Å². The first-order chi connectivity index (χ1) is 5.54. The summed E-state index contributed by atoms with van der Waals surface area (Å²) < 4.78 is 0. The van der Waals surface area contributed by atoms with Crippen LogP contribution in [0.5, 0.6) is 0 Å². The van der Waals surface area contributed by atoms with Crippen molar-refractivity contribution in [3.63, 3.8) is 0 Å². The molecule has 0 saturated carbocycles. The fourth-order valence-electron chi connectivity index (χ4n) is 0.962. The van der Waals surface area contributed by atoms with Gasteiger partial charge in [0.25, 0.3) is 0 Å². The Bertz CT molecular complexity index is 186. The van der Waals surface area contributed by atoms with Crippen LogP contribution in [-0.4, -0.2) is 23.9 Å². The van der Waals surface area contributed by atoms with E-state index in [0.29, 0.717) is 0 Å². The molecule has 0 fully saturated rings. The lowest BCUT2D eigenvalue weighted by atomic mass is 10.1. The third kappa shape index (κ3) is 2.68. The van der Waals surface area contributed by atoms with Crippen molar-refractivity contribution in [2.45, 2.75) is 34.6 Å². The van der Waals surface area contributed by atoms with Gasteiger partial charge in [0.1, 0.15) is 0 Å². The summed E-state index contributed by atoms with van der Waals surface area (Å²) in [6.45, 7) is 11.4. The monoisotopic (exact) mass is 169 g/mol. The molecule has 0 heterocycles. The van der Waals surface area contributed by atoms with E-state index in [9.17, 15) is 4.79 Å². The number of hydrogen-bond donors (Lipinski definition) is 0. The Balaban J connectivity index is 4.48. The standard InChI is InChI=1S/C10H19NO/c1-6-11(7-2)10(12)9(5)8(3)4/h6-7H2,1-5H3. The molecule has 0 unspecified atom stereocenters. The van der Waals surface area contributed by atoms with Crippen molar-refractivity contribution in [2.75, 3.05) is 13.1 Å². The van der Waals surface area contributed by atoms with Gasteiger partial charge in [-0.05, 0) is 34.6 Å². The van der Waals surface area contributed by atoms with E-state index in [0.717, 1.165) is 24.2 Å². The molecule has 0 rings (SSSR count). The number of likely N-dealkylation sites (N-methyl/N-ethyl adjacent to an activating group) is 1. The maximum absolute atomic E-state index is 11.6. The van der Waals surface area contributed by atoms with Crippen LogP contribution in [0.3, 0.4) is 0 Å². The number of nitrogens with zero attached hydrogens (tertiary/aromatic N) is 1. The van der Waals surface area contributed by atoms with Gasteiger partial charge in [-0.1, -0.05) is 5.57 Å². The highest BCUT2D eigenvalue weighted by molar-refractivity contribution is 5.93. The van der Waals surface area contributed by atoms with Crippen molar-refractivity contribution in [1.82, 2.24) is 4.90 Å². The molecule has 0 aliphatic carbocycles. The molecule has 0 spiro atoms. The zero-order chi connectivity index (χ0) is 9.72. The average Bonchev–Trinajstić information content (AvgIpc) is 2.05. The SMILES string of the molecule is CCN(CC)C(=O)C(C)=C(C)C. The Hall–Kier alpha value is -0.790. The summed E-state index contributed by atoms with van der Waals surface area (Å²) in [6, 6.07) is 0. The second-order valence-corrected chi connectivity index (χ2v) is 3.10. The lowest BCUT2D eigenvalue weighted by Gasteiger charge is -2.19. The van der Waals surface area contributed by atoms with Crippen LogP contribution < -0.4 is 0 Å². The molecule has 0 atom stereocenters. The van der Waals surface area contributed by atoms with Crippen LogP contribution in [0.2, 0.25) is 0 Å². The van der Waals surface area contributed by atoms with E-state index >= 15 is 0 Å². The van der Waals surface area contributed by atoms with E-state index in [-0.39, 0.29) is 5.91 Å². The van der Waals surface area contributed by atoms with Crippen LogP contribution in [0.1, 0.15) is 34.6 Å². The highest BCUT2D eigenvalue weighted by Crippen LogP contribution is 2.06. The number of carbonyl (C=O) groups excluding carboxylic acids is 1. The van der Waals surface area contributed by atoms with Gasteiger partial charge in [-0.3, -0.25) is 4.79 Å². The fourth-order valence-corrected chi connectivity index (χ4v) is 0.962. The Morgan fingerprint density at radius 2 is 1.50 bits per heavy atom. The first-order valence-corrected chi connectivity index (χ1v) is 4.47. The third-order valence-corrected chi connectivity index (χ3v) is 2.12. The molecule has 0 aromatic carbocycles. The molecule has 2 heteroatoms. The Kier molecular flexibility index (Phi) is 4.64. The van der Waals surface area contributed by atoms with Crippen LogP contribution in [0, 0.1) is 0 Å². The minimum absolute atomic E-state index is 0.167. The lowest BCUT2D eigenvalue weighted by molar-refractivity contribution is -0.126. The summed E-state index contributed by atoms with van der Waals surface area (Å²) in [5.74, 6) is 0.167. The van der Waals surface area contributed by atoms with Crippen molar-refractivity contribution in [2.24, 2.45) is 0 Å². The molecule has 0 N–H and O–H groups in total. The quantitative estimate of drug-likeness (QED) is 0.593. The van der Waals surface area contributed by atoms with Crippen LogP contribution >= 0.6 is 0 Å². The molecular weight excluding hydrogens is 150 g/mol. The molecule has 2 nitrogen and oxygen atoms in total. The van der Waals surface area contributed by atoms with E-state index < -0.39 is 0 Å². The Labute approximate surface area is 75.3 Å². The van der Waals surface area contributed by atoms with E-state index in [1.807, 2.05) is 39.5 Å². The van der Waals surface area contributed by atoms with Gasteiger partial charge in [0.05, 0.1) is 0 Å². The van der Waals surface area contributed by atoms with Gasteiger partial charge in [-0.2, -0.15) is 0 Å². The second-order valence-electron chi connectivity index (χ2n) is 3.10. The number of amides is 1. The number of rotatable bonds is 3. The van der Waals surface area contributed by atoms with Crippen molar-refractivity contribution < 1.29 is 4.79 Å². The zero-order valence-electron chi connectivity index (χ0n) is 8.77. The molecule has 12 heavy (non-hydrogen) atoms. The second kappa shape index (κ2) is 4.96. The van der Waals surface area contributed by atoms with E-state index in [4.69, 9.17) is 0 Å². The molecular formula is C10H19NO. The van der Waals surface area contributed by atoms with Crippen LogP contribution in [0.4, 0.5) is 0 Å². The molecule has 0 saturated heterocycles. The van der Waals surface area contributed by atoms with Crippen LogP contribution in [-0.2, 0) is 4.79 Å². The summed E-state index contributed by atoms with van der Waals surface area (Å²) in [5.41, 5.74) is 1.98. The fraction of sp³-hybridized carbons (Fsp3) is 0.700. The van der Waals surface area contributed by atoms with Crippen molar-refractivity contribution >= 4 is 5.91 Å². The first kappa shape index (κ1) is 11.2. The summed E-state index contributed by atoms with van der Waals surface area (Å²) >= 11 is 0. The highest BCUT2D eigenvalue weighted by Gasteiger charge is 2.11. The van der Waals surface area contributed by atoms with Crippen molar-refractivity contribution in [1.29, 1.82) is 0 Å². The largest absolute Gasteiger partial charge is 0.339 e. The summed E-state index contributed by atoms with van der Waals surface area (Å²) in [5, 5.41) is 0. The summed E-state index contributed by atoms with van der Waals surface area (Å²) in [4.78, 5) is 13.5. The van der Waals surface area contributed by atoms with Crippen molar-refractivity contribution in [3.8, 4) is 0 Å². The molecule has 1 amide bonds. The van der Waals surface area contributed by atoms with Gasteiger partial charge in [0.2, 0.25) is 5.91 Å². The molecule has 70 valence electrons. The third-order valence-electron chi connectivity index (χ3n) is 2.12. The molecule has 0 aromatic heterocycles. The minimum atomic E-state index is 0.167. The zero-order valence-corrected chi connectivity index (χ0v) is 8.77. The Morgan fingerprint density at radius 1 is 1.08 bits per heavy atom. The smallest absolute Gasteiger partial charge is 0.249 e. The molecule has 0 bridgehead atoms. The van der Waals surface area contributed by atoms with E-state index in [1.165, 1.54) is 0 Å². The number of carbonyl (C=O) groups is 1. The Morgan fingerprint density at radius 3 is 1.75 bits per heavy atom. The average molecular weight is 169 g/mol. The van der Waals surface area contributed by atoms with Gasteiger partial charge >= 0.3 is 0 Å². The van der Waals surface area contributed by atoms with Gasteiger partial charge in [-0.25, -0.2) is 0 Å². The normalized spacial score (nSPS) is 9.42. The summed E-state index contributed by atoms with van der Waals surface area (Å²) in [6.07, 6.45) is 0. The van der Waals surface area contributed by atoms with Gasteiger partial charge in [0.15, 0.2) is 0 Å².